The highest BCUT2D eigenvalue weighted by Gasteiger charge is 2.23. The first-order chi connectivity index (χ1) is 27.6. The van der Waals surface area contributed by atoms with E-state index in [-0.39, 0.29) is 32.3 Å². The second-order valence-corrected chi connectivity index (χ2v) is 14.6. The Hall–Kier alpha value is -5.48. The van der Waals surface area contributed by atoms with Crippen LogP contribution in [0.4, 0.5) is 5.69 Å². The Labute approximate surface area is 338 Å². The third-order valence-electron chi connectivity index (χ3n) is 10.0. The quantitative estimate of drug-likeness (QED) is 0.0515. The van der Waals surface area contributed by atoms with E-state index in [1.807, 2.05) is 42.5 Å². The summed E-state index contributed by atoms with van der Waals surface area (Å²) in [6.07, 6.45) is 2.34. The maximum absolute atomic E-state index is 10.7. The highest BCUT2D eigenvalue weighted by molar-refractivity contribution is 6.32. The van der Waals surface area contributed by atoms with Crippen LogP contribution in [0.5, 0.6) is 17.2 Å². The van der Waals surface area contributed by atoms with Crippen molar-refractivity contribution in [3.8, 4) is 39.5 Å². The minimum atomic E-state index is -1.03. The number of rotatable bonds is 18. The summed E-state index contributed by atoms with van der Waals surface area (Å²) < 4.78 is 18.6. The van der Waals surface area contributed by atoms with Gasteiger partial charge in [0, 0.05) is 56.7 Å². The highest BCUT2D eigenvalue weighted by atomic mass is 35.5. The van der Waals surface area contributed by atoms with E-state index < -0.39 is 12.1 Å². The number of β-amino-alcohol motifs (C(OH)–C–C–N with tert-alkyl or cyclic N) is 1. The molecule has 6 rings (SSSR count). The van der Waals surface area contributed by atoms with Crippen LogP contribution in [0.3, 0.4) is 0 Å². The Balaban J connectivity index is 1.14. The first-order valence-electron chi connectivity index (χ1n) is 18.9. The third-order valence-corrected chi connectivity index (χ3v) is 10.3. The minimum absolute atomic E-state index is 0.187. The standard InChI is InChI=1S/C45H47ClN4O7/c1-29-33(28-57-44-21-43(56-27-31-18-35(47-3)23-49-22-31)34(19-42(44)46)25-50-16-14-36(51)26-50)6-4-8-40(29)41-9-5-7-39(30(41)2)32-10-12-38(13-11-32)55-17-15-48-24-37(52)20-45(53)54/h4-13,18-19,21-23,36-37,48,51-52H,14-17,20,24-28H2,1-2H3,(H,53,54)/t36-,37+/m1/s1. The van der Waals surface area contributed by atoms with Crippen molar-refractivity contribution in [3.63, 3.8) is 0 Å². The van der Waals surface area contributed by atoms with Crippen LogP contribution in [0, 0.1) is 20.4 Å². The van der Waals surface area contributed by atoms with Crippen molar-refractivity contribution in [2.75, 3.05) is 32.8 Å². The molecule has 296 valence electrons. The number of nitrogens with one attached hydrogen (secondary N) is 1. The number of halogens is 1. The molecule has 0 bridgehead atoms. The van der Waals surface area contributed by atoms with Gasteiger partial charge in [0.25, 0.3) is 0 Å². The highest BCUT2D eigenvalue weighted by Crippen LogP contribution is 2.38. The number of carbonyl (C=O) groups is 1. The smallest absolute Gasteiger partial charge is 0.306 e. The minimum Gasteiger partial charge on any atom is -0.492 e. The summed E-state index contributed by atoms with van der Waals surface area (Å²) in [6, 6.07) is 25.9. The normalized spacial score (nSPS) is 14.6. The zero-order valence-corrected chi connectivity index (χ0v) is 32.8. The van der Waals surface area contributed by atoms with Gasteiger partial charge in [-0.15, -0.1) is 0 Å². The Bertz CT molecular complexity index is 2210. The molecular weight excluding hydrogens is 744 g/mol. The van der Waals surface area contributed by atoms with Crippen molar-refractivity contribution in [2.45, 2.75) is 58.7 Å². The van der Waals surface area contributed by atoms with Crippen LogP contribution in [0.2, 0.25) is 5.02 Å². The maximum atomic E-state index is 10.7. The van der Waals surface area contributed by atoms with Crippen LogP contribution in [0.25, 0.3) is 27.1 Å². The zero-order chi connectivity index (χ0) is 40.3. The first kappa shape index (κ1) is 41.2. The van der Waals surface area contributed by atoms with Crippen molar-refractivity contribution < 1.29 is 34.3 Å². The van der Waals surface area contributed by atoms with E-state index in [0.29, 0.717) is 54.2 Å². The predicted octanol–water partition coefficient (Wildman–Crippen LogP) is 7.77. The number of likely N-dealkylation sites (tertiary alicyclic amines) is 1. The van der Waals surface area contributed by atoms with E-state index in [2.05, 4.69) is 64.2 Å². The van der Waals surface area contributed by atoms with Crippen molar-refractivity contribution in [1.82, 2.24) is 15.2 Å². The molecule has 1 saturated heterocycles. The zero-order valence-electron chi connectivity index (χ0n) is 32.1. The van der Waals surface area contributed by atoms with E-state index >= 15 is 0 Å². The fourth-order valence-corrected chi connectivity index (χ4v) is 7.20. The lowest BCUT2D eigenvalue weighted by Crippen LogP contribution is -2.31. The van der Waals surface area contributed by atoms with Crippen molar-refractivity contribution in [1.29, 1.82) is 0 Å². The summed E-state index contributed by atoms with van der Waals surface area (Å²) >= 11 is 6.85. The molecule has 0 unspecified atom stereocenters. The first-order valence-corrected chi connectivity index (χ1v) is 19.3. The van der Waals surface area contributed by atoms with Crippen LogP contribution >= 0.6 is 11.6 Å². The van der Waals surface area contributed by atoms with E-state index in [1.54, 1.807) is 12.3 Å². The Morgan fingerprint density at radius 2 is 1.68 bits per heavy atom. The van der Waals surface area contributed by atoms with Gasteiger partial charge in [-0.3, -0.25) is 14.7 Å². The topological polar surface area (TPSA) is 138 Å². The van der Waals surface area contributed by atoms with Crippen molar-refractivity contribution >= 4 is 23.3 Å². The largest absolute Gasteiger partial charge is 0.492 e. The number of hydrogen-bond acceptors (Lipinski definition) is 9. The molecule has 2 atom stereocenters. The molecule has 1 fully saturated rings. The van der Waals surface area contributed by atoms with Crippen LogP contribution in [0.15, 0.2) is 91.3 Å². The third kappa shape index (κ3) is 11.1. The molecule has 4 aromatic carbocycles. The maximum Gasteiger partial charge on any atom is 0.306 e. The molecule has 4 N–H and O–H groups in total. The number of benzene rings is 4. The lowest BCUT2D eigenvalue weighted by Gasteiger charge is -2.20. The van der Waals surface area contributed by atoms with Gasteiger partial charge in [-0.05, 0) is 89.0 Å². The molecule has 0 saturated carbocycles. The fourth-order valence-electron chi connectivity index (χ4n) is 6.96. The van der Waals surface area contributed by atoms with Gasteiger partial charge in [-0.2, -0.15) is 0 Å². The predicted molar refractivity (Wildman–Crippen MR) is 220 cm³/mol. The average molecular weight is 791 g/mol. The summed E-state index contributed by atoms with van der Waals surface area (Å²) in [6.45, 7) is 15.0. The monoisotopic (exact) mass is 790 g/mol. The Kier molecular flexibility index (Phi) is 14.1. The SMILES string of the molecule is [C-]#[N+]c1cncc(COc2cc(OCc3cccc(-c4cccc(-c5ccc(OCCNC[C@@H](O)CC(=O)O)cc5)c4C)c3C)c(Cl)cc2CN2CC[C@@H](O)C2)c1. The van der Waals surface area contributed by atoms with Gasteiger partial charge in [0.15, 0.2) is 0 Å². The molecule has 11 nitrogen and oxygen atoms in total. The van der Waals surface area contributed by atoms with Gasteiger partial charge >= 0.3 is 5.97 Å². The second-order valence-electron chi connectivity index (χ2n) is 14.2. The summed E-state index contributed by atoms with van der Waals surface area (Å²) in [4.78, 5) is 20.5. The average Bonchev–Trinajstić information content (AvgIpc) is 3.61. The van der Waals surface area contributed by atoms with Crippen LogP contribution < -0.4 is 19.5 Å². The number of ether oxygens (including phenoxy) is 3. The molecule has 0 spiro atoms. The molecule has 1 aliphatic heterocycles. The molecule has 1 aliphatic rings. The van der Waals surface area contributed by atoms with Crippen LogP contribution in [-0.2, 0) is 24.6 Å². The van der Waals surface area contributed by atoms with Gasteiger partial charge in [-0.1, -0.05) is 60.1 Å². The number of aliphatic carboxylic acids is 1. The number of hydrogen-bond donors (Lipinski definition) is 4. The van der Waals surface area contributed by atoms with Gasteiger partial charge in [0.2, 0.25) is 5.69 Å². The van der Waals surface area contributed by atoms with Gasteiger partial charge in [0.05, 0.1) is 30.2 Å². The van der Waals surface area contributed by atoms with E-state index in [9.17, 15) is 15.0 Å². The van der Waals surface area contributed by atoms with Gasteiger partial charge < -0.3 is 34.8 Å². The van der Waals surface area contributed by atoms with Gasteiger partial charge in [0.1, 0.15) is 37.1 Å². The number of carboxylic acids is 1. The number of aromatic nitrogens is 1. The summed E-state index contributed by atoms with van der Waals surface area (Å²) in [5.41, 5.74) is 9.72. The molecule has 0 aliphatic carbocycles. The van der Waals surface area contributed by atoms with E-state index in [4.69, 9.17) is 37.5 Å². The molecule has 1 aromatic heterocycles. The number of nitrogens with zero attached hydrogens (tertiary/aromatic N) is 3. The van der Waals surface area contributed by atoms with Crippen molar-refractivity contribution in [2.24, 2.45) is 0 Å². The lowest BCUT2D eigenvalue weighted by molar-refractivity contribution is -0.139. The van der Waals surface area contributed by atoms with Crippen LogP contribution in [-0.4, -0.2) is 76.2 Å². The van der Waals surface area contributed by atoms with Gasteiger partial charge in [-0.25, -0.2) is 4.85 Å². The fraction of sp³-hybridized carbons (Fsp3) is 0.311. The summed E-state index contributed by atoms with van der Waals surface area (Å²) in [5.74, 6) is 0.789. The van der Waals surface area contributed by atoms with Crippen LogP contribution in [0.1, 0.15) is 40.7 Å². The molecule has 12 heteroatoms. The Morgan fingerprint density at radius 1 is 0.947 bits per heavy atom. The molecule has 5 aromatic rings. The van der Waals surface area contributed by atoms with Crippen molar-refractivity contribution in [3.05, 3.63) is 136 Å². The molecule has 57 heavy (non-hydrogen) atoms. The number of carboxylic acid groups (broad SMARTS) is 1. The molecule has 2 heterocycles. The van der Waals surface area contributed by atoms with E-state index in [0.717, 1.165) is 63.0 Å². The van der Waals surface area contributed by atoms with E-state index in [1.165, 1.54) is 6.20 Å². The number of aliphatic hydroxyl groups is 2. The number of aliphatic hydroxyl groups excluding tert-OH is 2. The lowest BCUT2D eigenvalue weighted by atomic mass is 9.89. The summed E-state index contributed by atoms with van der Waals surface area (Å²) in [7, 11) is 0. The second kappa shape index (κ2) is 19.6. The Morgan fingerprint density at radius 3 is 2.42 bits per heavy atom. The molecule has 0 amide bonds. The number of pyridine rings is 1. The summed E-state index contributed by atoms with van der Waals surface area (Å²) in [5, 5.41) is 32.1. The molecular formula is C45H47ClN4O7. The molecule has 0 radical (unpaired) electrons.